The van der Waals surface area contributed by atoms with Crippen LogP contribution < -0.4 is 5.32 Å². The van der Waals surface area contributed by atoms with Gasteiger partial charge in [-0.1, -0.05) is 32.9 Å². The van der Waals surface area contributed by atoms with Crippen LogP contribution in [0.2, 0.25) is 0 Å². The standard InChI is InChI=1S/C17H25NO/c1-5-9-18-10-8-14-11-19-17-13(4)6-7-15(12(2)3)16(14)17/h6-7,11-12,18H,5,8-10H2,1-4H3. The zero-order chi connectivity index (χ0) is 13.8. The Labute approximate surface area is 116 Å². The minimum Gasteiger partial charge on any atom is -0.464 e. The van der Waals surface area contributed by atoms with Crippen molar-refractivity contribution in [2.75, 3.05) is 13.1 Å². The molecule has 0 amide bonds. The second-order valence-corrected chi connectivity index (χ2v) is 5.59. The first-order chi connectivity index (χ1) is 9.15. The Balaban J connectivity index is 2.31. The highest BCUT2D eigenvalue weighted by Gasteiger charge is 2.14. The lowest BCUT2D eigenvalue weighted by molar-refractivity contribution is 0.603. The topological polar surface area (TPSA) is 25.2 Å². The van der Waals surface area contributed by atoms with Gasteiger partial charge in [0, 0.05) is 5.39 Å². The molecule has 0 aliphatic heterocycles. The largest absolute Gasteiger partial charge is 0.464 e. The Morgan fingerprint density at radius 3 is 2.68 bits per heavy atom. The molecule has 1 heterocycles. The van der Waals surface area contributed by atoms with Crippen LogP contribution in [0.5, 0.6) is 0 Å². The molecule has 1 aromatic heterocycles. The van der Waals surface area contributed by atoms with E-state index in [1.165, 1.54) is 28.5 Å². The third kappa shape index (κ3) is 3.01. The molecule has 1 N–H and O–H groups in total. The maximum absolute atomic E-state index is 5.80. The molecule has 0 unspecified atom stereocenters. The van der Waals surface area contributed by atoms with Gasteiger partial charge in [0.25, 0.3) is 0 Å². The van der Waals surface area contributed by atoms with Crippen molar-refractivity contribution in [1.29, 1.82) is 0 Å². The van der Waals surface area contributed by atoms with Gasteiger partial charge in [0.2, 0.25) is 0 Å². The van der Waals surface area contributed by atoms with Gasteiger partial charge < -0.3 is 9.73 Å². The van der Waals surface area contributed by atoms with Crippen molar-refractivity contribution >= 4 is 11.0 Å². The molecule has 0 saturated carbocycles. The maximum Gasteiger partial charge on any atom is 0.137 e. The van der Waals surface area contributed by atoms with Gasteiger partial charge in [0.15, 0.2) is 0 Å². The van der Waals surface area contributed by atoms with Crippen LogP contribution in [0.3, 0.4) is 0 Å². The molecule has 2 rings (SSSR count). The minimum absolute atomic E-state index is 0.531. The number of nitrogens with one attached hydrogen (secondary N) is 1. The van der Waals surface area contributed by atoms with Gasteiger partial charge in [-0.05, 0) is 55.5 Å². The lowest BCUT2D eigenvalue weighted by Crippen LogP contribution is -2.17. The highest BCUT2D eigenvalue weighted by atomic mass is 16.3. The number of hydrogen-bond donors (Lipinski definition) is 1. The molecule has 0 fully saturated rings. The van der Waals surface area contributed by atoms with Crippen LogP contribution in [0.1, 0.15) is 49.8 Å². The fourth-order valence-corrected chi connectivity index (χ4v) is 2.56. The molecule has 1 aromatic carbocycles. The first-order valence-corrected chi connectivity index (χ1v) is 7.35. The van der Waals surface area contributed by atoms with E-state index in [9.17, 15) is 0 Å². The molecule has 2 aromatic rings. The van der Waals surface area contributed by atoms with Crippen molar-refractivity contribution in [3.05, 3.63) is 35.1 Å². The lowest BCUT2D eigenvalue weighted by Gasteiger charge is -2.10. The monoisotopic (exact) mass is 259 g/mol. The molecule has 0 aliphatic carbocycles. The number of rotatable bonds is 6. The number of hydrogen-bond acceptors (Lipinski definition) is 2. The molecule has 0 radical (unpaired) electrons. The third-order valence-corrected chi connectivity index (χ3v) is 3.65. The quantitative estimate of drug-likeness (QED) is 0.777. The Morgan fingerprint density at radius 1 is 1.21 bits per heavy atom. The van der Waals surface area contributed by atoms with Crippen LogP contribution in [0.25, 0.3) is 11.0 Å². The molecular formula is C17H25NO. The number of benzene rings is 1. The maximum atomic E-state index is 5.80. The van der Waals surface area contributed by atoms with Gasteiger partial charge in [-0.25, -0.2) is 0 Å². The van der Waals surface area contributed by atoms with E-state index in [0.29, 0.717) is 5.92 Å². The van der Waals surface area contributed by atoms with Gasteiger partial charge in [-0.2, -0.15) is 0 Å². The summed E-state index contributed by atoms with van der Waals surface area (Å²) < 4.78 is 5.80. The van der Waals surface area contributed by atoms with Gasteiger partial charge in [0.1, 0.15) is 5.58 Å². The average molecular weight is 259 g/mol. The number of furan rings is 1. The van der Waals surface area contributed by atoms with Crippen LogP contribution >= 0.6 is 0 Å². The fraction of sp³-hybridized carbons (Fsp3) is 0.529. The molecular weight excluding hydrogens is 234 g/mol. The average Bonchev–Trinajstić information content (AvgIpc) is 2.80. The van der Waals surface area contributed by atoms with E-state index < -0.39 is 0 Å². The van der Waals surface area contributed by atoms with Crippen LogP contribution in [0, 0.1) is 6.92 Å². The summed E-state index contributed by atoms with van der Waals surface area (Å²) >= 11 is 0. The van der Waals surface area contributed by atoms with Crippen molar-refractivity contribution in [3.8, 4) is 0 Å². The van der Waals surface area contributed by atoms with Crippen molar-refractivity contribution < 1.29 is 4.42 Å². The molecule has 0 atom stereocenters. The number of fused-ring (bicyclic) bond motifs is 1. The van der Waals surface area contributed by atoms with Crippen molar-refractivity contribution in [1.82, 2.24) is 5.32 Å². The molecule has 0 spiro atoms. The molecule has 0 saturated heterocycles. The smallest absolute Gasteiger partial charge is 0.137 e. The van der Waals surface area contributed by atoms with Gasteiger partial charge in [0.05, 0.1) is 6.26 Å². The minimum atomic E-state index is 0.531. The van der Waals surface area contributed by atoms with E-state index in [0.717, 1.165) is 25.1 Å². The summed E-state index contributed by atoms with van der Waals surface area (Å²) in [6.45, 7) is 10.9. The molecule has 2 nitrogen and oxygen atoms in total. The van der Waals surface area contributed by atoms with Gasteiger partial charge >= 0.3 is 0 Å². The molecule has 0 aliphatic rings. The number of aryl methyl sites for hydroxylation is 1. The van der Waals surface area contributed by atoms with E-state index in [1.54, 1.807) is 0 Å². The predicted molar refractivity (Wildman–Crippen MR) is 81.9 cm³/mol. The summed E-state index contributed by atoms with van der Waals surface area (Å²) in [6.07, 6.45) is 4.16. The van der Waals surface area contributed by atoms with E-state index in [4.69, 9.17) is 4.42 Å². The summed E-state index contributed by atoms with van der Waals surface area (Å²) in [4.78, 5) is 0. The van der Waals surface area contributed by atoms with Crippen LogP contribution in [-0.4, -0.2) is 13.1 Å². The SMILES string of the molecule is CCCNCCc1coc2c(C)ccc(C(C)C)c12. The zero-order valence-corrected chi connectivity index (χ0v) is 12.5. The molecule has 0 bridgehead atoms. The van der Waals surface area contributed by atoms with Crippen LogP contribution in [-0.2, 0) is 6.42 Å². The Hall–Kier alpha value is -1.28. The summed E-state index contributed by atoms with van der Waals surface area (Å²) in [5.74, 6) is 0.531. The zero-order valence-electron chi connectivity index (χ0n) is 12.5. The highest BCUT2D eigenvalue weighted by molar-refractivity contribution is 5.87. The van der Waals surface area contributed by atoms with E-state index in [1.807, 2.05) is 6.26 Å². The molecule has 2 heteroatoms. The Bertz CT molecular complexity index is 539. The van der Waals surface area contributed by atoms with E-state index in [-0.39, 0.29) is 0 Å². The normalized spacial score (nSPS) is 11.6. The summed E-state index contributed by atoms with van der Waals surface area (Å²) in [7, 11) is 0. The van der Waals surface area contributed by atoms with E-state index in [2.05, 4.69) is 45.1 Å². The third-order valence-electron chi connectivity index (χ3n) is 3.65. The summed E-state index contributed by atoms with van der Waals surface area (Å²) in [6, 6.07) is 4.42. The van der Waals surface area contributed by atoms with Crippen molar-refractivity contribution in [2.24, 2.45) is 0 Å². The molecule has 19 heavy (non-hydrogen) atoms. The van der Waals surface area contributed by atoms with Crippen LogP contribution in [0.15, 0.2) is 22.8 Å². The predicted octanol–water partition coefficient (Wildman–Crippen LogP) is 4.41. The van der Waals surface area contributed by atoms with Crippen LogP contribution in [0.4, 0.5) is 0 Å². The fourth-order valence-electron chi connectivity index (χ4n) is 2.56. The summed E-state index contributed by atoms with van der Waals surface area (Å²) in [5.41, 5.74) is 5.04. The van der Waals surface area contributed by atoms with E-state index >= 15 is 0 Å². The van der Waals surface area contributed by atoms with Crippen molar-refractivity contribution in [3.63, 3.8) is 0 Å². The Morgan fingerprint density at radius 2 is 2.00 bits per heavy atom. The Kier molecular flexibility index (Phi) is 4.65. The van der Waals surface area contributed by atoms with Gasteiger partial charge in [-0.15, -0.1) is 0 Å². The summed E-state index contributed by atoms with van der Waals surface area (Å²) in [5, 5.41) is 4.80. The lowest BCUT2D eigenvalue weighted by atomic mass is 9.94. The second kappa shape index (κ2) is 6.25. The highest BCUT2D eigenvalue weighted by Crippen LogP contribution is 2.32. The van der Waals surface area contributed by atoms with Crippen molar-refractivity contribution in [2.45, 2.75) is 46.5 Å². The first kappa shape index (κ1) is 14.1. The molecule has 104 valence electrons. The van der Waals surface area contributed by atoms with Gasteiger partial charge in [-0.3, -0.25) is 0 Å². The first-order valence-electron chi connectivity index (χ1n) is 7.35. The second-order valence-electron chi connectivity index (χ2n) is 5.59.